The molecule has 22 heavy (non-hydrogen) atoms. The Morgan fingerprint density at radius 3 is 2.36 bits per heavy atom. The largest absolute Gasteiger partial charge is 0.337 e. The summed E-state index contributed by atoms with van der Waals surface area (Å²) in [6.45, 7) is 0. The zero-order valence-corrected chi connectivity index (χ0v) is 11.9. The SMILES string of the molecule is CN(C(=O)c1nonc1[C@@H]1CC1(F)F)C1CCC(F)(F)CC1. The molecule has 0 unspecified atom stereocenters. The third kappa shape index (κ3) is 2.68. The summed E-state index contributed by atoms with van der Waals surface area (Å²) in [6, 6.07) is -0.364. The Morgan fingerprint density at radius 1 is 1.23 bits per heavy atom. The van der Waals surface area contributed by atoms with Crippen LogP contribution < -0.4 is 0 Å². The van der Waals surface area contributed by atoms with E-state index in [2.05, 4.69) is 14.9 Å². The number of carbonyl (C=O) groups excluding carboxylic acids is 1. The van der Waals surface area contributed by atoms with E-state index in [1.807, 2.05) is 0 Å². The van der Waals surface area contributed by atoms with Gasteiger partial charge in [-0.15, -0.1) is 0 Å². The number of aromatic nitrogens is 2. The van der Waals surface area contributed by atoms with Gasteiger partial charge in [-0.2, -0.15) is 0 Å². The molecule has 0 bridgehead atoms. The minimum absolute atomic E-state index is 0.150. The van der Waals surface area contributed by atoms with Crippen molar-refractivity contribution in [3.05, 3.63) is 11.4 Å². The van der Waals surface area contributed by atoms with Gasteiger partial charge in [0.1, 0.15) is 5.69 Å². The van der Waals surface area contributed by atoms with Crippen LogP contribution in [0.2, 0.25) is 0 Å². The first-order valence-electron chi connectivity index (χ1n) is 7.06. The van der Waals surface area contributed by atoms with E-state index in [1.54, 1.807) is 0 Å². The van der Waals surface area contributed by atoms with Gasteiger partial charge in [0.05, 0.1) is 5.92 Å². The smallest absolute Gasteiger partial charge is 0.278 e. The summed E-state index contributed by atoms with van der Waals surface area (Å²) in [5, 5.41) is 6.84. The van der Waals surface area contributed by atoms with Gasteiger partial charge in [0.2, 0.25) is 5.92 Å². The predicted molar refractivity (Wildman–Crippen MR) is 65.9 cm³/mol. The van der Waals surface area contributed by atoms with Gasteiger partial charge in [-0.05, 0) is 18.0 Å². The predicted octanol–water partition coefficient (Wildman–Crippen LogP) is 2.84. The van der Waals surface area contributed by atoms with E-state index in [4.69, 9.17) is 0 Å². The highest BCUT2D eigenvalue weighted by atomic mass is 19.3. The van der Waals surface area contributed by atoms with Crippen LogP contribution in [-0.2, 0) is 0 Å². The number of hydrogen-bond acceptors (Lipinski definition) is 4. The Kier molecular flexibility index (Phi) is 3.41. The molecule has 3 rings (SSSR count). The van der Waals surface area contributed by atoms with E-state index in [-0.39, 0.29) is 49.5 Å². The van der Waals surface area contributed by atoms with Gasteiger partial charge < -0.3 is 4.90 Å². The van der Waals surface area contributed by atoms with E-state index >= 15 is 0 Å². The summed E-state index contributed by atoms with van der Waals surface area (Å²) in [5.41, 5.74) is -0.398. The van der Waals surface area contributed by atoms with Crippen LogP contribution in [0.3, 0.4) is 0 Å². The van der Waals surface area contributed by atoms with Gasteiger partial charge in [-0.3, -0.25) is 4.79 Å². The van der Waals surface area contributed by atoms with Gasteiger partial charge in [-0.1, -0.05) is 5.16 Å². The van der Waals surface area contributed by atoms with Crippen LogP contribution in [0.15, 0.2) is 4.63 Å². The summed E-state index contributed by atoms with van der Waals surface area (Å²) in [5.74, 6) is -7.35. The summed E-state index contributed by atoms with van der Waals surface area (Å²) in [7, 11) is 1.46. The van der Waals surface area contributed by atoms with Gasteiger partial charge in [0.15, 0.2) is 5.69 Å². The lowest BCUT2D eigenvalue weighted by molar-refractivity contribution is -0.0491. The molecule has 122 valence electrons. The fourth-order valence-corrected chi connectivity index (χ4v) is 2.83. The molecule has 1 aromatic heterocycles. The normalized spacial score (nSPS) is 26.7. The number of rotatable bonds is 3. The third-order valence-corrected chi connectivity index (χ3v) is 4.43. The van der Waals surface area contributed by atoms with E-state index in [0.717, 1.165) is 0 Å². The highest BCUT2D eigenvalue weighted by Crippen LogP contribution is 2.55. The number of alkyl halides is 4. The molecule has 0 aliphatic heterocycles. The molecule has 0 radical (unpaired) electrons. The maximum atomic E-state index is 13.2. The Bertz CT molecular complexity index is 580. The molecule has 1 heterocycles. The van der Waals surface area contributed by atoms with Crippen LogP contribution in [0.25, 0.3) is 0 Å². The summed E-state index contributed by atoms with van der Waals surface area (Å²) < 4.78 is 57.0. The first kappa shape index (κ1) is 15.2. The lowest BCUT2D eigenvalue weighted by atomic mass is 9.91. The highest BCUT2D eigenvalue weighted by molar-refractivity contribution is 5.93. The van der Waals surface area contributed by atoms with Crippen molar-refractivity contribution in [2.24, 2.45) is 0 Å². The third-order valence-electron chi connectivity index (χ3n) is 4.43. The zero-order valence-electron chi connectivity index (χ0n) is 11.9. The summed E-state index contributed by atoms with van der Waals surface area (Å²) in [4.78, 5) is 13.6. The van der Waals surface area contributed by atoms with E-state index in [0.29, 0.717) is 0 Å². The second kappa shape index (κ2) is 4.92. The highest BCUT2D eigenvalue weighted by Gasteiger charge is 2.61. The quantitative estimate of drug-likeness (QED) is 0.803. The molecule has 2 aliphatic carbocycles. The van der Waals surface area contributed by atoms with Crippen molar-refractivity contribution < 1.29 is 27.0 Å². The van der Waals surface area contributed by atoms with Crippen LogP contribution in [0.5, 0.6) is 0 Å². The zero-order chi connectivity index (χ0) is 16.1. The Hall–Kier alpha value is -1.67. The monoisotopic (exact) mass is 321 g/mol. The van der Waals surface area contributed by atoms with E-state index < -0.39 is 23.7 Å². The first-order valence-corrected chi connectivity index (χ1v) is 7.06. The van der Waals surface area contributed by atoms with E-state index in [9.17, 15) is 22.4 Å². The number of carbonyl (C=O) groups is 1. The second-order valence-electron chi connectivity index (χ2n) is 6.02. The van der Waals surface area contributed by atoms with Gasteiger partial charge in [-0.25, -0.2) is 22.2 Å². The van der Waals surface area contributed by atoms with Gasteiger partial charge in [0, 0.05) is 32.4 Å². The van der Waals surface area contributed by atoms with Crippen molar-refractivity contribution in [1.29, 1.82) is 0 Å². The molecular weight excluding hydrogens is 306 g/mol. The number of halogens is 4. The van der Waals surface area contributed by atoms with Crippen molar-refractivity contribution in [1.82, 2.24) is 15.2 Å². The standard InChI is InChI=1S/C13H15F4N3O2/c1-20(7-2-4-12(14,15)5-3-7)11(21)10-9(18-22-19-10)8-6-13(8,16)17/h7-8H,2-6H2,1H3/t8-/m0/s1. The molecule has 9 heteroatoms. The molecule has 1 amide bonds. The molecule has 1 atom stereocenters. The van der Waals surface area contributed by atoms with E-state index in [1.165, 1.54) is 11.9 Å². The van der Waals surface area contributed by atoms with Crippen LogP contribution in [0.4, 0.5) is 17.6 Å². The molecule has 2 aliphatic rings. The van der Waals surface area contributed by atoms with Gasteiger partial charge in [0.25, 0.3) is 11.8 Å². The van der Waals surface area contributed by atoms with Crippen molar-refractivity contribution in [2.75, 3.05) is 7.05 Å². The maximum absolute atomic E-state index is 13.2. The molecule has 5 nitrogen and oxygen atoms in total. The van der Waals surface area contributed by atoms with Crippen molar-refractivity contribution in [2.45, 2.75) is 55.9 Å². The average Bonchev–Trinajstić information content (AvgIpc) is 2.88. The second-order valence-corrected chi connectivity index (χ2v) is 6.02. The minimum atomic E-state index is -2.89. The topological polar surface area (TPSA) is 59.2 Å². The maximum Gasteiger partial charge on any atom is 0.278 e. The number of nitrogens with zero attached hydrogens (tertiary/aromatic N) is 3. The fraction of sp³-hybridized carbons (Fsp3) is 0.769. The molecule has 0 aromatic carbocycles. The molecule has 1 aromatic rings. The van der Waals surface area contributed by atoms with Crippen LogP contribution >= 0.6 is 0 Å². The molecule has 2 saturated carbocycles. The average molecular weight is 321 g/mol. The van der Waals surface area contributed by atoms with Crippen LogP contribution in [0.1, 0.15) is 54.2 Å². The molecule has 2 fully saturated rings. The molecular formula is C13H15F4N3O2. The number of amides is 1. The Morgan fingerprint density at radius 2 is 1.82 bits per heavy atom. The summed E-state index contributed by atoms with van der Waals surface area (Å²) in [6.07, 6.45) is -0.647. The number of hydrogen-bond donors (Lipinski definition) is 0. The van der Waals surface area contributed by atoms with Crippen molar-refractivity contribution in [3.8, 4) is 0 Å². The van der Waals surface area contributed by atoms with Crippen molar-refractivity contribution >= 4 is 5.91 Å². The lowest BCUT2D eigenvalue weighted by Crippen LogP contribution is -2.42. The van der Waals surface area contributed by atoms with Crippen LogP contribution in [-0.4, -0.2) is 46.1 Å². The fourth-order valence-electron chi connectivity index (χ4n) is 2.83. The molecule has 0 saturated heterocycles. The Labute approximate surface area is 123 Å². The molecule has 0 N–H and O–H groups in total. The van der Waals surface area contributed by atoms with Crippen molar-refractivity contribution in [3.63, 3.8) is 0 Å². The lowest BCUT2D eigenvalue weighted by Gasteiger charge is -2.34. The summed E-state index contributed by atoms with van der Waals surface area (Å²) >= 11 is 0. The minimum Gasteiger partial charge on any atom is -0.337 e. The first-order chi connectivity index (χ1) is 10.2. The Balaban J connectivity index is 1.71. The molecule has 0 spiro atoms. The van der Waals surface area contributed by atoms with Gasteiger partial charge >= 0.3 is 0 Å². The van der Waals surface area contributed by atoms with Crippen LogP contribution in [0, 0.1) is 0 Å².